The molecule has 2 atom stereocenters. The maximum absolute atomic E-state index is 14.2. The van der Waals surface area contributed by atoms with Gasteiger partial charge in [0, 0.05) is 37.1 Å². The summed E-state index contributed by atoms with van der Waals surface area (Å²) < 4.78 is 32.8. The standard InChI is InChI=1S/C29H33F2N5O5/c1-17-24(26(37)41-2)25(18-6-7-21(30)22(31)15-18)36(27(38)33-17)28(39)34-19-10-14-35(16-19)20-8-11-29(40,12-9-20)23-5-3-4-13-32-23/h3-7,13,15,19-20,25,40H,8-12,14,16H2,1-2H3,(H,33,38)(H,34,39)/t19-,20?,25+,29?/m1/s1. The van der Waals surface area contributed by atoms with Gasteiger partial charge in [0.15, 0.2) is 11.6 Å². The van der Waals surface area contributed by atoms with Crippen molar-refractivity contribution in [3.8, 4) is 0 Å². The zero-order valence-corrected chi connectivity index (χ0v) is 22.9. The van der Waals surface area contributed by atoms with Crippen molar-refractivity contribution in [1.29, 1.82) is 0 Å². The monoisotopic (exact) mass is 569 g/mol. The van der Waals surface area contributed by atoms with E-state index in [4.69, 9.17) is 4.74 Å². The molecule has 2 aromatic rings. The van der Waals surface area contributed by atoms with Crippen LogP contribution in [0.3, 0.4) is 0 Å². The van der Waals surface area contributed by atoms with E-state index in [1.54, 1.807) is 6.20 Å². The smallest absolute Gasteiger partial charge is 0.337 e. The number of amides is 4. The molecule has 0 spiro atoms. The number of esters is 1. The number of benzene rings is 1. The summed E-state index contributed by atoms with van der Waals surface area (Å²) in [5.41, 5.74) is -0.148. The van der Waals surface area contributed by atoms with Gasteiger partial charge in [0.05, 0.1) is 18.4 Å². The van der Waals surface area contributed by atoms with Crippen LogP contribution in [0.25, 0.3) is 0 Å². The minimum absolute atomic E-state index is 0.0456. The fourth-order valence-electron chi connectivity index (χ4n) is 6.14. The Balaban J connectivity index is 1.29. The number of likely N-dealkylation sites (tertiary alicyclic amines) is 1. The SMILES string of the molecule is COC(=O)C1=C(C)NC(=O)N(C(=O)N[C@@H]2CCN(C3CCC(O)(c4ccccn4)CC3)C2)[C@H]1c1ccc(F)c(F)c1. The van der Waals surface area contributed by atoms with E-state index in [0.717, 1.165) is 43.5 Å². The molecule has 41 heavy (non-hydrogen) atoms. The maximum Gasteiger partial charge on any atom is 0.337 e. The van der Waals surface area contributed by atoms with E-state index in [9.17, 15) is 28.3 Å². The third-order valence-electron chi connectivity index (χ3n) is 8.32. The van der Waals surface area contributed by atoms with Crippen molar-refractivity contribution in [2.24, 2.45) is 0 Å². The molecule has 3 aliphatic rings. The lowest BCUT2D eigenvalue weighted by molar-refractivity contribution is -0.136. The molecule has 218 valence electrons. The Morgan fingerprint density at radius 1 is 1.15 bits per heavy atom. The van der Waals surface area contributed by atoms with E-state index in [1.807, 2.05) is 18.2 Å². The van der Waals surface area contributed by atoms with Crippen LogP contribution in [0.1, 0.15) is 56.3 Å². The first-order valence-corrected chi connectivity index (χ1v) is 13.6. The van der Waals surface area contributed by atoms with Crippen LogP contribution in [0.15, 0.2) is 53.9 Å². The largest absolute Gasteiger partial charge is 0.466 e. The van der Waals surface area contributed by atoms with E-state index in [-0.39, 0.29) is 28.9 Å². The lowest BCUT2D eigenvalue weighted by Gasteiger charge is -2.39. The number of hydrogen-bond donors (Lipinski definition) is 3. The van der Waals surface area contributed by atoms with Crippen LogP contribution in [0, 0.1) is 11.6 Å². The van der Waals surface area contributed by atoms with E-state index in [1.165, 1.54) is 13.0 Å². The summed E-state index contributed by atoms with van der Waals surface area (Å²) in [6, 6.07) is 5.53. The van der Waals surface area contributed by atoms with Gasteiger partial charge in [-0.15, -0.1) is 0 Å². The van der Waals surface area contributed by atoms with Crippen molar-refractivity contribution in [2.45, 2.75) is 62.8 Å². The summed E-state index contributed by atoms with van der Waals surface area (Å²) in [5, 5.41) is 16.5. The third-order valence-corrected chi connectivity index (χ3v) is 8.32. The highest BCUT2D eigenvalue weighted by Crippen LogP contribution is 2.39. The first-order valence-electron chi connectivity index (χ1n) is 13.6. The second-order valence-corrected chi connectivity index (χ2v) is 10.8. The summed E-state index contributed by atoms with van der Waals surface area (Å²) in [6.45, 7) is 2.74. The molecule has 3 heterocycles. The number of imide groups is 1. The highest BCUT2D eigenvalue weighted by Gasteiger charge is 2.44. The normalized spacial score (nSPS) is 27.0. The Kier molecular flexibility index (Phi) is 8.05. The van der Waals surface area contributed by atoms with Crippen LogP contribution in [0.5, 0.6) is 0 Å². The average molecular weight is 570 g/mol. The van der Waals surface area contributed by atoms with Gasteiger partial charge < -0.3 is 20.5 Å². The van der Waals surface area contributed by atoms with Crippen molar-refractivity contribution >= 4 is 18.0 Å². The molecule has 1 aromatic heterocycles. The Labute approximate surface area is 236 Å². The third kappa shape index (κ3) is 5.66. The Morgan fingerprint density at radius 2 is 1.90 bits per heavy atom. The van der Waals surface area contributed by atoms with Gasteiger partial charge in [0.1, 0.15) is 11.6 Å². The van der Waals surface area contributed by atoms with Crippen LogP contribution >= 0.6 is 0 Å². The number of aliphatic hydroxyl groups is 1. The van der Waals surface area contributed by atoms with Crippen LogP contribution in [0.2, 0.25) is 0 Å². The maximum atomic E-state index is 14.2. The van der Waals surface area contributed by atoms with Gasteiger partial charge in [0.25, 0.3) is 0 Å². The number of ether oxygens (including phenoxy) is 1. The predicted octanol–water partition coefficient (Wildman–Crippen LogP) is 3.49. The van der Waals surface area contributed by atoms with E-state index in [0.29, 0.717) is 31.5 Å². The molecule has 4 amide bonds. The highest BCUT2D eigenvalue weighted by molar-refractivity contribution is 6.01. The van der Waals surface area contributed by atoms with Crippen molar-refractivity contribution < 1.29 is 33.0 Å². The molecule has 10 nitrogen and oxygen atoms in total. The summed E-state index contributed by atoms with van der Waals surface area (Å²) >= 11 is 0. The van der Waals surface area contributed by atoms with Crippen LogP contribution in [-0.4, -0.2) is 70.2 Å². The molecule has 0 bridgehead atoms. The first kappa shape index (κ1) is 28.6. The number of rotatable bonds is 5. The lowest BCUT2D eigenvalue weighted by atomic mass is 9.79. The first-order chi connectivity index (χ1) is 19.6. The molecule has 5 rings (SSSR count). The highest BCUT2D eigenvalue weighted by atomic mass is 19.2. The van der Waals surface area contributed by atoms with Gasteiger partial charge in [-0.3, -0.25) is 9.88 Å². The van der Waals surface area contributed by atoms with Gasteiger partial charge >= 0.3 is 18.0 Å². The van der Waals surface area contributed by atoms with Gasteiger partial charge in [-0.05, 0) is 68.9 Å². The number of aromatic nitrogens is 1. The van der Waals surface area contributed by atoms with E-state index < -0.39 is 41.3 Å². The van der Waals surface area contributed by atoms with Gasteiger partial charge in [0.2, 0.25) is 0 Å². The number of methoxy groups -OCH3 is 1. The fraction of sp³-hybridized carbons (Fsp3) is 0.448. The van der Waals surface area contributed by atoms with Crippen molar-refractivity contribution in [1.82, 2.24) is 25.4 Å². The molecule has 1 aliphatic carbocycles. The molecule has 12 heteroatoms. The molecule has 1 aromatic carbocycles. The number of carbonyl (C=O) groups excluding carboxylic acids is 3. The van der Waals surface area contributed by atoms with Crippen LogP contribution in [0.4, 0.5) is 18.4 Å². The fourth-order valence-corrected chi connectivity index (χ4v) is 6.14. The van der Waals surface area contributed by atoms with Gasteiger partial charge in [-0.2, -0.15) is 0 Å². The summed E-state index contributed by atoms with van der Waals surface area (Å²) in [6.07, 6.45) is 5.01. The molecular weight excluding hydrogens is 536 g/mol. The Hall–Kier alpha value is -3.90. The topological polar surface area (TPSA) is 124 Å². The van der Waals surface area contributed by atoms with E-state index in [2.05, 4.69) is 20.5 Å². The lowest BCUT2D eigenvalue weighted by Crippen LogP contribution is -2.56. The van der Waals surface area contributed by atoms with Crippen LogP contribution in [-0.2, 0) is 15.1 Å². The van der Waals surface area contributed by atoms with Crippen LogP contribution < -0.4 is 10.6 Å². The number of allylic oxidation sites excluding steroid dienone is 1. The molecule has 0 unspecified atom stereocenters. The second-order valence-electron chi connectivity index (χ2n) is 10.8. The summed E-state index contributed by atoms with van der Waals surface area (Å²) in [7, 11) is 1.15. The Morgan fingerprint density at radius 3 is 2.56 bits per heavy atom. The minimum atomic E-state index is -1.33. The number of halogens is 2. The number of urea groups is 2. The zero-order valence-electron chi connectivity index (χ0n) is 22.9. The molecule has 0 radical (unpaired) electrons. The average Bonchev–Trinajstić information content (AvgIpc) is 3.42. The molecule has 3 N–H and O–H groups in total. The molecular formula is C29H33F2N5O5. The molecule has 1 saturated carbocycles. The summed E-state index contributed by atoms with van der Waals surface area (Å²) in [5.74, 6) is -3.09. The number of nitrogens with one attached hydrogen (secondary N) is 2. The number of pyridine rings is 1. The quantitative estimate of drug-likeness (QED) is 0.471. The molecule has 2 fully saturated rings. The number of nitrogens with zero attached hydrogens (tertiary/aromatic N) is 3. The summed E-state index contributed by atoms with van der Waals surface area (Å²) in [4.78, 5) is 46.7. The molecule has 2 aliphatic heterocycles. The van der Waals surface area contributed by atoms with Gasteiger partial charge in [-0.25, -0.2) is 28.1 Å². The van der Waals surface area contributed by atoms with Crippen molar-refractivity contribution in [3.63, 3.8) is 0 Å². The second kappa shape index (κ2) is 11.5. The Bertz CT molecular complexity index is 1360. The van der Waals surface area contributed by atoms with E-state index >= 15 is 0 Å². The minimum Gasteiger partial charge on any atom is -0.466 e. The van der Waals surface area contributed by atoms with Gasteiger partial charge in [-0.1, -0.05) is 12.1 Å². The van der Waals surface area contributed by atoms with Crippen molar-refractivity contribution in [3.05, 3.63) is 76.8 Å². The van der Waals surface area contributed by atoms with Crippen molar-refractivity contribution in [2.75, 3.05) is 20.2 Å². The molecule has 1 saturated heterocycles. The predicted molar refractivity (Wildman–Crippen MR) is 143 cm³/mol. The number of hydrogen-bond acceptors (Lipinski definition) is 7. The number of carbonyl (C=O) groups is 3. The zero-order chi connectivity index (χ0) is 29.3.